The summed E-state index contributed by atoms with van der Waals surface area (Å²) in [4.78, 5) is 26.2. The van der Waals surface area contributed by atoms with Gasteiger partial charge in [-0.15, -0.1) is 0 Å². The molecule has 0 unspecified atom stereocenters. The number of methoxy groups -OCH3 is 2. The lowest BCUT2D eigenvalue weighted by atomic mass is 9.92. The monoisotopic (exact) mass is 644 g/mol. The molecule has 0 atom stereocenters. The molecule has 0 saturated heterocycles. The Bertz CT molecular complexity index is 2050. The molecule has 0 bridgehead atoms. The molecule has 6 aromatic rings. The van der Waals surface area contributed by atoms with Crippen molar-refractivity contribution >= 4 is 39.9 Å². The maximum Gasteiger partial charge on any atom is 0.324 e. The van der Waals surface area contributed by atoms with E-state index in [-0.39, 0.29) is 5.41 Å². The first-order chi connectivity index (χ1) is 23.2. The Morgan fingerprint density at radius 1 is 0.854 bits per heavy atom. The molecule has 0 fully saturated rings. The van der Waals surface area contributed by atoms with Gasteiger partial charge in [0.25, 0.3) is 0 Å². The van der Waals surface area contributed by atoms with Gasteiger partial charge in [-0.25, -0.2) is 14.5 Å². The van der Waals surface area contributed by atoms with E-state index in [2.05, 4.69) is 51.7 Å². The molecular formula is C36H36N8O4. The Kier molecular flexibility index (Phi) is 9.06. The SMILES string of the molecule is COc1ccc(-n2nc(C(C)(C)C)cc2NC(=O)Nc2ccc(OCc3ccnc(Nc4cncc(OC)n4)c3)c3ccccc23)cc1. The van der Waals surface area contributed by atoms with Gasteiger partial charge in [-0.1, -0.05) is 45.0 Å². The number of carbonyl (C=O) groups is 1. The van der Waals surface area contributed by atoms with Crippen molar-refractivity contribution in [3.63, 3.8) is 0 Å². The van der Waals surface area contributed by atoms with E-state index in [1.54, 1.807) is 24.2 Å². The van der Waals surface area contributed by atoms with E-state index in [4.69, 9.17) is 19.3 Å². The maximum atomic E-state index is 13.4. The number of aromatic nitrogens is 5. The molecule has 3 heterocycles. The Hall–Kier alpha value is -6.17. The second kappa shape index (κ2) is 13.7. The van der Waals surface area contributed by atoms with Crippen molar-refractivity contribution in [2.75, 3.05) is 30.2 Å². The quantitative estimate of drug-likeness (QED) is 0.138. The van der Waals surface area contributed by atoms with Crippen LogP contribution in [0.1, 0.15) is 32.0 Å². The van der Waals surface area contributed by atoms with Gasteiger partial charge in [-0.05, 0) is 54.1 Å². The van der Waals surface area contributed by atoms with Crippen molar-refractivity contribution in [3.8, 4) is 23.1 Å². The van der Waals surface area contributed by atoms with Crippen molar-refractivity contribution in [1.82, 2.24) is 24.7 Å². The van der Waals surface area contributed by atoms with E-state index in [0.717, 1.165) is 33.5 Å². The fraction of sp³-hybridized carbons (Fsp3) is 0.194. The number of benzene rings is 3. The standard InChI is InChI=1S/C36H36N8O4/c1-36(2,3)30-19-33(44(43-30)24-10-12-25(46-4)13-11-24)42-35(45)39-28-14-15-29(27-9-7-6-8-26(27)28)48-22-23-16-17-38-31(18-23)40-32-20-37-21-34(41-32)47-5/h6-21H,22H2,1-5H3,(H,38,40,41)(H2,39,42,45). The predicted octanol–water partition coefficient (Wildman–Crippen LogP) is 7.49. The average molecular weight is 645 g/mol. The van der Waals surface area contributed by atoms with Crippen LogP contribution in [-0.4, -0.2) is 45.0 Å². The van der Waals surface area contributed by atoms with Crippen LogP contribution in [0, 0.1) is 0 Å². The second-order valence-corrected chi connectivity index (χ2v) is 11.9. The van der Waals surface area contributed by atoms with Gasteiger partial charge in [-0.3, -0.25) is 10.3 Å². The third-order valence-corrected chi connectivity index (χ3v) is 7.47. The first kappa shape index (κ1) is 31.8. The Labute approximate surface area is 278 Å². The molecular weight excluding hydrogens is 608 g/mol. The third-order valence-electron chi connectivity index (χ3n) is 7.47. The Morgan fingerprint density at radius 3 is 2.40 bits per heavy atom. The molecule has 12 heteroatoms. The fourth-order valence-corrected chi connectivity index (χ4v) is 4.96. The van der Waals surface area contributed by atoms with E-state index < -0.39 is 6.03 Å². The van der Waals surface area contributed by atoms with Crippen LogP contribution in [0.3, 0.4) is 0 Å². The number of pyridine rings is 1. The highest BCUT2D eigenvalue weighted by molar-refractivity contribution is 6.07. The molecule has 0 aliphatic carbocycles. The van der Waals surface area contributed by atoms with E-state index in [0.29, 0.717) is 41.4 Å². The van der Waals surface area contributed by atoms with Crippen LogP contribution in [0.4, 0.5) is 27.9 Å². The van der Waals surface area contributed by atoms with Crippen LogP contribution < -0.4 is 30.2 Å². The summed E-state index contributed by atoms with van der Waals surface area (Å²) in [6.07, 6.45) is 4.82. The van der Waals surface area contributed by atoms with E-state index >= 15 is 0 Å². The molecule has 0 spiro atoms. The maximum absolute atomic E-state index is 13.4. The highest BCUT2D eigenvalue weighted by Crippen LogP contribution is 2.33. The van der Waals surface area contributed by atoms with Gasteiger partial charge in [0.2, 0.25) is 5.88 Å². The number of nitrogens with one attached hydrogen (secondary N) is 3. The zero-order chi connectivity index (χ0) is 33.7. The van der Waals surface area contributed by atoms with E-state index in [9.17, 15) is 4.79 Å². The number of fused-ring (bicyclic) bond motifs is 1. The predicted molar refractivity (Wildman–Crippen MR) is 186 cm³/mol. The van der Waals surface area contributed by atoms with Crippen LogP contribution in [0.5, 0.6) is 17.4 Å². The number of rotatable bonds is 10. The number of amides is 2. The van der Waals surface area contributed by atoms with Crippen molar-refractivity contribution < 1.29 is 19.0 Å². The van der Waals surface area contributed by atoms with E-state index in [1.165, 1.54) is 13.3 Å². The molecule has 3 N–H and O–H groups in total. The molecule has 3 aromatic carbocycles. The summed E-state index contributed by atoms with van der Waals surface area (Å²) >= 11 is 0. The van der Waals surface area contributed by atoms with Crippen LogP contribution >= 0.6 is 0 Å². The van der Waals surface area contributed by atoms with Gasteiger partial charge in [-0.2, -0.15) is 10.1 Å². The molecule has 2 amide bonds. The minimum absolute atomic E-state index is 0.226. The summed E-state index contributed by atoms with van der Waals surface area (Å²) in [6, 6.07) is 24.2. The molecule has 3 aromatic heterocycles. The minimum atomic E-state index is -0.401. The number of nitrogens with zero attached hydrogens (tertiary/aromatic N) is 5. The number of anilines is 4. The van der Waals surface area contributed by atoms with Crippen molar-refractivity contribution in [2.45, 2.75) is 32.8 Å². The Morgan fingerprint density at radius 2 is 1.65 bits per heavy atom. The molecule has 6 rings (SSSR count). The van der Waals surface area contributed by atoms with Crippen LogP contribution in [-0.2, 0) is 12.0 Å². The largest absolute Gasteiger partial charge is 0.497 e. The lowest BCUT2D eigenvalue weighted by Gasteiger charge is -2.15. The summed E-state index contributed by atoms with van der Waals surface area (Å²) < 4.78 is 18.4. The number of hydrogen-bond acceptors (Lipinski definition) is 9. The van der Waals surface area contributed by atoms with Gasteiger partial charge in [0.15, 0.2) is 5.82 Å². The lowest BCUT2D eigenvalue weighted by Crippen LogP contribution is -2.21. The molecule has 12 nitrogen and oxygen atoms in total. The topological polar surface area (TPSA) is 137 Å². The molecule has 244 valence electrons. The van der Waals surface area contributed by atoms with Crippen molar-refractivity contribution in [1.29, 1.82) is 0 Å². The third kappa shape index (κ3) is 7.28. The van der Waals surface area contributed by atoms with Crippen molar-refractivity contribution in [2.24, 2.45) is 0 Å². The van der Waals surface area contributed by atoms with Gasteiger partial charge < -0.3 is 24.8 Å². The molecule has 0 saturated carbocycles. The summed E-state index contributed by atoms with van der Waals surface area (Å²) in [6.45, 7) is 6.53. The van der Waals surface area contributed by atoms with Gasteiger partial charge >= 0.3 is 6.03 Å². The van der Waals surface area contributed by atoms with Gasteiger partial charge in [0, 0.05) is 28.5 Å². The summed E-state index contributed by atoms with van der Waals surface area (Å²) in [5.41, 5.74) is 2.94. The molecule has 0 aliphatic rings. The van der Waals surface area contributed by atoms with Gasteiger partial charge in [0.1, 0.15) is 29.7 Å². The van der Waals surface area contributed by atoms with Gasteiger partial charge in [0.05, 0.1) is 43.7 Å². The summed E-state index contributed by atoms with van der Waals surface area (Å²) in [7, 11) is 3.16. The first-order valence-electron chi connectivity index (χ1n) is 15.3. The summed E-state index contributed by atoms with van der Waals surface area (Å²) in [5, 5.41) is 15.6. The second-order valence-electron chi connectivity index (χ2n) is 11.9. The van der Waals surface area contributed by atoms with Crippen molar-refractivity contribution in [3.05, 3.63) is 109 Å². The lowest BCUT2D eigenvalue weighted by molar-refractivity contribution is 0.262. The van der Waals surface area contributed by atoms with Crippen LogP contribution in [0.2, 0.25) is 0 Å². The number of urea groups is 1. The normalized spacial score (nSPS) is 11.2. The fourth-order valence-electron chi connectivity index (χ4n) is 4.96. The minimum Gasteiger partial charge on any atom is -0.497 e. The molecule has 0 aliphatic heterocycles. The first-order valence-corrected chi connectivity index (χ1v) is 15.3. The zero-order valence-corrected chi connectivity index (χ0v) is 27.3. The highest BCUT2D eigenvalue weighted by atomic mass is 16.5. The number of hydrogen-bond donors (Lipinski definition) is 3. The number of carbonyl (C=O) groups excluding carboxylic acids is 1. The van der Waals surface area contributed by atoms with Crippen LogP contribution in [0.15, 0.2) is 97.5 Å². The smallest absolute Gasteiger partial charge is 0.324 e. The zero-order valence-electron chi connectivity index (χ0n) is 27.3. The van der Waals surface area contributed by atoms with Crippen LogP contribution in [0.25, 0.3) is 16.5 Å². The highest BCUT2D eigenvalue weighted by Gasteiger charge is 2.22. The number of ether oxygens (including phenoxy) is 3. The average Bonchev–Trinajstić information content (AvgIpc) is 3.52. The molecule has 48 heavy (non-hydrogen) atoms. The summed E-state index contributed by atoms with van der Waals surface area (Å²) in [5.74, 6) is 3.45. The van der Waals surface area contributed by atoms with E-state index in [1.807, 2.05) is 78.9 Å². The Balaban J connectivity index is 1.18. The molecule has 0 radical (unpaired) electrons.